The number of hydrogen-bond donors (Lipinski definition) is 1. The van der Waals surface area contributed by atoms with Gasteiger partial charge in [-0.1, -0.05) is 18.3 Å². The Bertz CT molecular complexity index is 328. The van der Waals surface area contributed by atoms with Gasteiger partial charge in [-0.3, -0.25) is 0 Å². The fourth-order valence-corrected chi connectivity index (χ4v) is 0.985. The molecule has 1 rings (SSSR count). The van der Waals surface area contributed by atoms with E-state index in [1.54, 1.807) is 13.2 Å². The molecule has 0 aliphatic rings. The summed E-state index contributed by atoms with van der Waals surface area (Å²) in [4.78, 5) is 0.341. The van der Waals surface area contributed by atoms with Crippen molar-refractivity contribution >= 4 is 17.2 Å². The van der Waals surface area contributed by atoms with Crippen molar-refractivity contribution in [3.63, 3.8) is 0 Å². The Labute approximate surface area is 88.8 Å². The first-order valence-corrected chi connectivity index (χ1v) is 4.64. The Kier molecular flexibility index (Phi) is 3.71. The van der Waals surface area contributed by atoms with Crippen molar-refractivity contribution in [1.29, 1.82) is 0 Å². The number of ether oxygens (including phenoxy) is 2. The summed E-state index contributed by atoms with van der Waals surface area (Å²) >= 11 is 4.80. The van der Waals surface area contributed by atoms with Gasteiger partial charge in [-0.15, -0.1) is 0 Å². The molecule has 0 aliphatic heterocycles. The Morgan fingerprint density at radius 2 is 2.07 bits per heavy atom. The second-order valence-corrected chi connectivity index (χ2v) is 3.31. The molecule has 4 heteroatoms. The maximum absolute atomic E-state index is 5.47. The van der Waals surface area contributed by atoms with E-state index in [4.69, 9.17) is 27.4 Å². The predicted octanol–water partition coefficient (Wildman–Crippen LogP) is 1.75. The van der Waals surface area contributed by atoms with Crippen LogP contribution in [0.1, 0.15) is 6.92 Å². The Hall–Kier alpha value is -1.29. The summed E-state index contributed by atoms with van der Waals surface area (Å²) in [5.74, 6) is 1.45. The summed E-state index contributed by atoms with van der Waals surface area (Å²) < 4.78 is 10.5. The van der Waals surface area contributed by atoms with Gasteiger partial charge in [-0.25, -0.2) is 0 Å². The van der Waals surface area contributed by atoms with Crippen LogP contribution in [0.2, 0.25) is 0 Å². The molecule has 0 aromatic heterocycles. The van der Waals surface area contributed by atoms with E-state index in [9.17, 15) is 0 Å². The molecular formula is C10H13NO2S. The Balaban J connectivity index is 2.71. The highest BCUT2D eigenvalue weighted by atomic mass is 32.1. The molecule has 1 atom stereocenters. The van der Waals surface area contributed by atoms with Gasteiger partial charge < -0.3 is 15.2 Å². The highest BCUT2D eigenvalue weighted by molar-refractivity contribution is 7.80. The SMILES string of the molecule is COc1cccc(OC(C)C(N)=S)c1. The molecule has 1 aromatic rings. The summed E-state index contributed by atoms with van der Waals surface area (Å²) in [6.45, 7) is 1.81. The van der Waals surface area contributed by atoms with E-state index in [0.717, 1.165) is 5.75 Å². The zero-order valence-electron chi connectivity index (χ0n) is 8.19. The van der Waals surface area contributed by atoms with Crippen LogP contribution >= 0.6 is 12.2 Å². The van der Waals surface area contributed by atoms with E-state index < -0.39 is 0 Å². The number of rotatable bonds is 4. The van der Waals surface area contributed by atoms with Crippen molar-refractivity contribution in [3.05, 3.63) is 24.3 Å². The van der Waals surface area contributed by atoms with E-state index in [0.29, 0.717) is 10.7 Å². The lowest BCUT2D eigenvalue weighted by molar-refractivity contribution is 0.286. The highest BCUT2D eigenvalue weighted by Gasteiger charge is 2.06. The van der Waals surface area contributed by atoms with Gasteiger partial charge in [0.05, 0.1) is 7.11 Å². The molecule has 3 nitrogen and oxygen atoms in total. The van der Waals surface area contributed by atoms with Crippen molar-refractivity contribution in [2.75, 3.05) is 7.11 Å². The molecular weight excluding hydrogens is 198 g/mol. The van der Waals surface area contributed by atoms with Crippen LogP contribution in [-0.2, 0) is 0 Å². The molecule has 1 unspecified atom stereocenters. The van der Waals surface area contributed by atoms with Gasteiger partial charge >= 0.3 is 0 Å². The molecule has 76 valence electrons. The van der Waals surface area contributed by atoms with Gasteiger partial charge in [-0.2, -0.15) is 0 Å². The maximum Gasteiger partial charge on any atom is 0.145 e. The van der Waals surface area contributed by atoms with Crippen molar-refractivity contribution in [1.82, 2.24) is 0 Å². The summed E-state index contributed by atoms with van der Waals surface area (Å²) in [6.07, 6.45) is -0.267. The second kappa shape index (κ2) is 4.81. The van der Waals surface area contributed by atoms with Crippen LogP contribution in [0.3, 0.4) is 0 Å². The third kappa shape index (κ3) is 2.88. The minimum absolute atomic E-state index is 0.267. The first-order valence-electron chi connectivity index (χ1n) is 4.23. The van der Waals surface area contributed by atoms with E-state index in [2.05, 4.69) is 0 Å². The van der Waals surface area contributed by atoms with E-state index in [1.807, 2.05) is 25.1 Å². The van der Waals surface area contributed by atoms with Gasteiger partial charge in [0.1, 0.15) is 22.6 Å². The van der Waals surface area contributed by atoms with E-state index in [1.165, 1.54) is 0 Å². The van der Waals surface area contributed by atoms with Crippen LogP contribution in [-0.4, -0.2) is 18.2 Å². The van der Waals surface area contributed by atoms with Crippen LogP contribution in [0.15, 0.2) is 24.3 Å². The lowest BCUT2D eigenvalue weighted by Crippen LogP contribution is -2.28. The van der Waals surface area contributed by atoms with Gasteiger partial charge in [0.25, 0.3) is 0 Å². The van der Waals surface area contributed by atoms with E-state index >= 15 is 0 Å². The van der Waals surface area contributed by atoms with Gasteiger partial charge in [0, 0.05) is 6.07 Å². The summed E-state index contributed by atoms with van der Waals surface area (Å²) in [6, 6.07) is 7.31. The highest BCUT2D eigenvalue weighted by Crippen LogP contribution is 2.19. The number of hydrogen-bond acceptors (Lipinski definition) is 3. The summed E-state index contributed by atoms with van der Waals surface area (Å²) in [7, 11) is 1.61. The van der Waals surface area contributed by atoms with Crippen LogP contribution < -0.4 is 15.2 Å². The van der Waals surface area contributed by atoms with Crippen LogP contribution in [0, 0.1) is 0 Å². The smallest absolute Gasteiger partial charge is 0.145 e. The Morgan fingerprint density at radius 1 is 1.43 bits per heavy atom. The fourth-order valence-electron chi connectivity index (χ4n) is 0.937. The fraction of sp³-hybridized carbons (Fsp3) is 0.300. The predicted molar refractivity (Wildman–Crippen MR) is 59.9 cm³/mol. The number of nitrogens with two attached hydrogens (primary N) is 1. The second-order valence-electron chi connectivity index (χ2n) is 2.84. The summed E-state index contributed by atoms with van der Waals surface area (Å²) in [5, 5.41) is 0. The normalized spacial score (nSPS) is 11.9. The largest absolute Gasteiger partial charge is 0.497 e. The molecule has 2 N–H and O–H groups in total. The minimum Gasteiger partial charge on any atom is -0.497 e. The van der Waals surface area contributed by atoms with Crippen molar-refractivity contribution in [3.8, 4) is 11.5 Å². The molecule has 0 saturated carbocycles. The summed E-state index contributed by atoms with van der Waals surface area (Å²) in [5.41, 5.74) is 5.43. The molecule has 14 heavy (non-hydrogen) atoms. The van der Waals surface area contributed by atoms with Gasteiger partial charge in [0.2, 0.25) is 0 Å². The average molecular weight is 211 g/mol. The topological polar surface area (TPSA) is 44.5 Å². The third-order valence-corrected chi connectivity index (χ3v) is 2.09. The van der Waals surface area contributed by atoms with Crippen LogP contribution in [0.4, 0.5) is 0 Å². The minimum atomic E-state index is -0.267. The zero-order valence-corrected chi connectivity index (χ0v) is 9.01. The molecule has 0 heterocycles. The molecule has 0 fully saturated rings. The monoisotopic (exact) mass is 211 g/mol. The zero-order chi connectivity index (χ0) is 10.6. The first kappa shape index (κ1) is 10.8. The van der Waals surface area contributed by atoms with Crippen LogP contribution in [0.5, 0.6) is 11.5 Å². The lowest BCUT2D eigenvalue weighted by atomic mass is 10.3. The number of thiocarbonyl (C=S) groups is 1. The maximum atomic E-state index is 5.47. The van der Waals surface area contributed by atoms with Crippen molar-refractivity contribution in [2.24, 2.45) is 5.73 Å². The third-order valence-electron chi connectivity index (χ3n) is 1.75. The van der Waals surface area contributed by atoms with Crippen LogP contribution in [0.25, 0.3) is 0 Å². The molecule has 0 bridgehead atoms. The van der Waals surface area contributed by atoms with Crippen molar-refractivity contribution in [2.45, 2.75) is 13.0 Å². The van der Waals surface area contributed by atoms with Gasteiger partial charge in [-0.05, 0) is 19.1 Å². The van der Waals surface area contributed by atoms with Gasteiger partial charge in [0.15, 0.2) is 0 Å². The number of methoxy groups -OCH3 is 1. The molecule has 0 amide bonds. The standard InChI is InChI=1S/C10H13NO2S/c1-7(10(11)14)13-9-5-3-4-8(6-9)12-2/h3-7H,1-2H3,(H2,11,14). The van der Waals surface area contributed by atoms with Crippen molar-refractivity contribution < 1.29 is 9.47 Å². The average Bonchev–Trinajstić information content (AvgIpc) is 2.18. The Morgan fingerprint density at radius 3 is 2.64 bits per heavy atom. The van der Waals surface area contributed by atoms with E-state index in [-0.39, 0.29) is 6.10 Å². The first-order chi connectivity index (χ1) is 6.63. The quantitative estimate of drug-likeness (QED) is 0.771. The molecule has 1 aromatic carbocycles. The molecule has 0 spiro atoms. The lowest BCUT2D eigenvalue weighted by Gasteiger charge is -2.13. The number of benzene rings is 1. The molecule has 0 radical (unpaired) electrons. The molecule has 0 saturated heterocycles. The molecule has 0 aliphatic carbocycles.